The molecule has 0 saturated heterocycles. The van der Waals surface area contributed by atoms with Gasteiger partial charge in [-0.15, -0.1) is 16.6 Å². The van der Waals surface area contributed by atoms with Crippen LogP contribution in [0.2, 0.25) is 0 Å². The molecule has 0 aliphatic heterocycles. The number of hydrogen-bond acceptors (Lipinski definition) is 4. The molecular formula is C6H6N2OS. The van der Waals surface area contributed by atoms with Crippen LogP contribution in [-0.2, 0) is 0 Å². The highest BCUT2D eigenvalue weighted by atomic mass is 32.1. The third-order valence-corrected chi connectivity index (χ3v) is 1.54. The van der Waals surface area contributed by atoms with E-state index in [0.29, 0.717) is 5.19 Å². The molecule has 4 heteroatoms. The lowest BCUT2D eigenvalue weighted by molar-refractivity contribution is 0.364. The van der Waals surface area contributed by atoms with Gasteiger partial charge in [-0.05, 0) is 6.92 Å². The van der Waals surface area contributed by atoms with Crippen molar-refractivity contribution in [2.24, 2.45) is 0 Å². The van der Waals surface area contributed by atoms with Crippen molar-refractivity contribution < 1.29 is 4.74 Å². The van der Waals surface area contributed by atoms with E-state index >= 15 is 0 Å². The summed E-state index contributed by atoms with van der Waals surface area (Å²) < 4.78 is 4.98. The lowest BCUT2D eigenvalue weighted by atomic mass is 10.8. The molecule has 0 amide bonds. The molecule has 0 atom stereocenters. The van der Waals surface area contributed by atoms with Crippen LogP contribution in [0.25, 0.3) is 0 Å². The first-order valence-corrected chi connectivity index (χ1v) is 3.51. The molecule has 0 aliphatic rings. The molecule has 0 N–H and O–H groups in total. The van der Waals surface area contributed by atoms with E-state index in [1.807, 2.05) is 6.92 Å². The van der Waals surface area contributed by atoms with Gasteiger partial charge in [0.2, 0.25) is 0 Å². The van der Waals surface area contributed by atoms with Crippen molar-refractivity contribution in [2.75, 3.05) is 6.61 Å². The zero-order valence-corrected chi connectivity index (χ0v) is 6.31. The third kappa shape index (κ3) is 1.71. The van der Waals surface area contributed by atoms with Gasteiger partial charge in [-0.1, -0.05) is 17.3 Å². The highest BCUT2D eigenvalue weighted by Gasteiger charge is 1.97. The largest absolute Gasteiger partial charge is 0.456 e. The monoisotopic (exact) mass is 154 g/mol. The molecule has 0 spiro atoms. The highest BCUT2D eigenvalue weighted by molar-refractivity contribution is 7.12. The maximum Gasteiger partial charge on any atom is 0.294 e. The van der Waals surface area contributed by atoms with Crippen molar-refractivity contribution in [1.82, 2.24) is 10.2 Å². The summed E-state index contributed by atoms with van der Waals surface area (Å²) >= 11 is 1.39. The van der Waals surface area contributed by atoms with E-state index < -0.39 is 0 Å². The Morgan fingerprint density at radius 3 is 3.00 bits per heavy atom. The molecule has 1 aromatic rings. The summed E-state index contributed by atoms with van der Waals surface area (Å²) in [5, 5.41) is 8.87. The van der Waals surface area contributed by atoms with E-state index in [2.05, 4.69) is 16.1 Å². The lowest BCUT2D eigenvalue weighted by Crippen LogP contribution is -1.91. The summed E-state index contributed by atoms with van der Waals surface area (Å²) in [6.45, 7) is 2.12. The molecule has 0 saturated carbocycles. The second-order valence-corrected chi connectivity index (χ2v) is 2.72. The standard InChI is InChI=1S/C6H6N2OS/c1-3-4-9-6-8-7-5(2)10-6/h1H,4H2,2H3. The van der Waals surface area contributed by atoms with Crippen molar-refractivity contribution in [3.05, 3.63) is 5.01 Å². The average molecular weight is 154 g/mol. The smallest absolute Gasteiger partial charge is 0.294 e. The minimum atomic E-state index is 0.259. The normalized spacial score (nSPS) is 8.80. The molecule has 1 aromatic heterocycles. The second kappa shape index (κ2) is 3.18. The molecule has 0 fully saturated rings. The van der Waals surface area contributed by atoms with Gasteiger partial charge in [0.25, 0.3) is 5.19 Å². The van der Waals surface area contributed by atoms with Gasteiger partial charge >= 0.3 is 0 Å². The van der Waals surface area contributed by atoms with E-state index in [4.69, 9.17) is 11.2 Å². The molecule has 0 radical (unpaired) electrons. The Bertz CT molecular complexity index is 250. The van der Waals surface area contributed by atoms with Gasteiger partial charge in [0.05, 0.1) is 0 Å². The summed E-state index contributed by atoms with van der Waals surface area (Å²) in [4.78, 5) is 0. The topological polar surface area (TPSA) is 35.0 Å². The van der Waals surface area contributed by atoms with E-state index in [0.717, 1.165) is 5.01 Å². The van der Waals surface area contributed by atoms with E-state index in [9.17, 15) is 0 Å². The Hall–Kier alpha value is -1.08. The predicted molar refractivity (Wildman–Crippen MR) is 39.0 cm³/mol. The number of aryl methyl sites for hydroxylation is 1. The lowest BCUT2D eigenvalue weighted by Gasteiger charge is -1.90. The maximum atomic E-state index is 4.98. The maximum absolute atomic E-state index is 4.98. The van der Waals surface area contributed by atoms with Crippen LogP contribution in [0.1, 0.15) is 5.01 Å². The number of terminal acetylenes is 1. The second-order valence-electron chi connectivity index (χ2n) is 1.58. The van der Waals surface area contributed by atoms with Crippen LogP contribution in [0.3, 0.4) is 0 Å². The quantitative estimate of drug-likeness (QED) is 0.592. The first-order valence-electron chi connectivity index (χ1n) is 2.69. The molecule has 0 unspecified atom stereocenters. The van der Waals surface area contributed by atoms with Gasteiger partial charge in [-0.2, -0.15) is 0 Å². The van der Waals surface area contributed by atoms with Crippen molar-refractivity contribution >= 4 is 11.3 Å². The van der Waals surface area contributed by atoms with Crippen LogP contribution in [0.15, 0.2) is 0 Å². The average Bonchev–Trinajstić information content (AvgIpc) is 2.31. The minimum Gasteiger partial charge on any atom is -0.456 e. The summed E-state index contributed by atoms with van der Waals surface area (Å²) in [6, 6.07) is 0. The molecule has 0 bridgehead atoms. The first kappa shape index (κ1) is 7.03. The zero-order chi connectivity index (χ0) is 7.40. The third-order valence-electron chi connectivity index (χ3n) is 0.786. The molecule has 0 aliphatic carbocycles. The Kier molecular flexibility index (Phi) is 2.24. The van der Waals surface area contributed by atoms with E-state index in [-0.39, 0.29) is 6.61 Å². The van der Waals surface area contributed by atoms with Crippen molar-refractivity contribution in [1.29, 1.82) is 0 Å². The van der Waals surface area contributed by atoms with Gasteiger partial charge in [-0.25, -0.2) is 0 Å². The van der Waals surface area contributed by atoms with Crippen molar-refractivity contribution in [3.8, 4) is 17.5 Å². The fraction of sp³-hybridized carbons (Fsp3) is 0.333. The number of nitrogens with zero attached hydrogens (tertiary/aromatic N) is 2. The van der Waals surface area contributed by atoms with Crippen LogP contribution >= 0.6 is 11.3 Å². The summed E-state index contributed by atoms with van der Waals surface area (Å²) in [6.07, 6.45) is 4.96. The Morgan fingerprint density at radius 1 is 1.70 bits per heavy atom. The fourth-order valence-electron chi connectivity index (χ4n) is 0.440. The summed E-state index contributed by atoms with van der Waals surface area (Å²) in [5.41, 5.74) is 0. The fourth-order valence-corrected chi connectivity index (χ4v) is 0.974. The zero-order valence-electron chi connectivity index (χ0n) is 5.50. The van der Waals surface area contributed by atoms with Gasteiger partial charge in [-0.3, -0.25) is 0 Å². The van der Waals surface area contributed by atoms with Gasteiger partial charge in [0, 0.05) is 0 Å². The molecule has 1 rings (SSSR count). The molecular weight excluding hydrogens is 148 g/mol. The summed E-state index contributed by atoms with van der Waals surface area (Å²) in [7, 11) is 0. The Labute approximate surface area is 63.1 Å². The molecule has 0 aromatic carbocycles. The van der Waals surface area contributed by atoms with Crippen LogP contribution in [0.4, 0.5) is 0 Å². The number of aromatic nitrogens is 2. The minimum absolute atomic E-state index is 0.259. The van der Waals surface area contributed by atoms with Crippen LogP contribution in [-0.4, -0.2) is 16.8 Å². The Balaban J connectivity index is 2.52. The first-order chi connectivity index (χ1) is 4.83. The molecule has 52 valence electrons. The van der Waals surface area contributed by atoms with Crippen LogP contribution in [0, 0.1) is 19.3 Å². The highest BCUT2D eigenvalue weighted by Crippen LogP contribution is 2.15. The van der Waals surface area contributed by atoms with Crippen LogP contribution in [0.5, 0.6) is 5.19 Å². The van der Waals surface area contributed by atoms with E-state index in [1.165, 1.54) is 11.3 Å². The number of hydrogen-bond donors (Lipinski definition) is 0. The Morgan fingerprint density at radius 2 is 2.50 bits per heavy atom. The molecule has 10 heavy (non-hydrogen) atoms. The van der Waals surface area contributed by atoms with Gasteiger partial charge < -0.3 is 4.74 Å². The van der Waals surface area contributed by atoms with Crippen LogP contribution < -0.4 is 4.74 Å². The predicted octanol–water partition coefficient (Wildman–Crippen LogP) is 0.859. The van der Waals surface area contributed by atoms with Crippen molar-refractivity contribution in [2.45, 2.75) is 6.92 Å². The van der Waals surface area contributed by atoms with Gasteiger partial charge in [0.1, 0.15) is 5.01 Å². The molecule has 1 heterocycles. The molecule has 3 nitrogen and oxygen atoms in total. The summed E-state index contributed by atoms with van der Waals surface area (Å²) in [5.74, 6) is 2.34. The number of rotatable bonds is 2. The number of ether oxygens (including phenoxy) is 1. The SMILES string of the molecule is C#CCOc1nnc(C)s1. The van der Waals surface area contributed by atoms with E-state index in [1.54, 1.807) is 0 Å². The van der Waals surface area contributed by atoms with Crippen molar-refractivity contribution in [3.63, 3.8) is 0 Å². The van der Waals surface area contributed by atoms with Gasteiger partial charge in [0.15, 0.2) is 6.61 Å².